The minimum Gasteiger partial charge on any atom is -0.352 e. The van der Waals surface area contributed by atoms with E-state index in [1.54, 1.807) is 7.05 Å². The van der Waals surface area contributed by atoms with Crippen LogP contribution >= 0.6 is 24.0 Å². The van der Waals surface area contributed by atoms with Gasteiger partial charge >= 0.3 is 0 Å². The summed E-state index contributed by atoms with van der Waals surface area (Å²) >= 11 is 0. The van der Waals surface area contributed by atoms with Gasteiger partial charge in [-0.05, 0) is 44.0 Å². The van der Waals surface area contributed by atoms with Gasteiger partial charge in [-0.25, -0.2) is 0 Å². The van der Waals surface area contributed by atoms with Crippen LogP contribution in [0.3, 0.4) is 0 Å². The second kappa shape index (κ2) is 11.4. The van der Waals surface area contributed by atoms with Crippen LogP contribution in [0.2, 0.25) is 0 Å². The van der Waals surface area contributed by atoms with Crippen molar-refractivity contribution < 1.29 is 0 Å². The first-order valence-electron chi connectivity index (χ1n) is 9.75. The molecule has 0 aliphatic carbocycles. The Hall–Kier alpha value is -1.68. The van der Waals surface area contributed by atoms with Crippen LogP contribution in [0.4, 0.5) is 0 Å². The van der Waals surface area contributed by atoms with Crippen molar-refractivity contribution >= 4 is 29.9 Å². The topological polar surface area (TPSA) is 70.4 Å². The molecule has 1 aromatic heterocycles. The fourth-order valence-electron chi connectivity index (χ4n) is 3.31. The Bertz CT molecular complexity index is 748. The predicted octanol–water partition coefficient (Wildman–Crippen LogP) is 2.59. The summed E-state index contributed by atoms with van der Waals surface area (Å²) in [6.45, 7) is 6.80. The largest absolute Gasteiger partial charge is 0.352 e. The Labute approximate surface area is 185 Å². The summed E-state index contributed by atoms with van der Waals surface area (Å²) in [6.07, 6.45) is 4.05. The first-order valence-corrected chi connectivity index (χ1v) is 9.75. The fraction of sp³-hybridized carbons (Fsp3) is 0.550. The zero-order valence-electron chi connectivity index (χ0n) is 17.1. The molecule has 8 heteroatoms. The van der Waals surface area contributed by atoms with Crippen LogP contribution in [0.5, 0.6) is 0 Å². The van der Waals surface area contributed by atoms with E-state index >= 15 is 0 Å². The van der Waals surface area contributed by atoms with Gasteiger partial charge in [0, 0.05) is 27.2 Å². The van der Waals surface area contributed by atoms with Gasteiger partial charge in [0.25, 0.3) is 0 Å². The molecular weight excluding hydrogens is 465 g/mol. The van der Waals surface area contributed by atoms with Crippen LogP contribution in [-0.4, -0.2) is 45.8 Å². The van der Waals surface area contributed by atoms with E-state index in [2.05, 4.69) is 55.0 Å². The van der Waals surface area contributed by atoms with E-state index in [-0.39, 0.29) is 24.0 Å². The maximum absolute atomic E-state index is 4.28. The molecule has 0 spiro atoms. The summed E-state index contributed by atoms with van der Waals surface area (Å²) in [6, 6.07) is 8.88. The molecule has 1 aromatic carbocycles. The Morgan fingerprint density at radius 2 is 1.64 bits per heavy atom. The lowest BCUT2D eigenvalue weighted by molar-refractivity contribution is 0.221. The highest BCUT2D eigenvalue weighted by molar-refractivity contribution is 14.0. The minimum atomic E-state index is 0. The molecule has 2 heterocycles. The molecule has 3 rings (SSSR count). The number of likely N-dealkylation sites (tertiary alicyclic amines) is 1. The van der Waals surface area contributed by atoms with Crippen LogP contribution in [0.1, 0.15) is 42.0 Å². The standard InChI is InChI=1S/C20H31N7.HI/c1-16-24-25-19(26(16)3)14-23-20(21-2)22-13-17-7-9-18(10-8-17)15-27-11-5-4-6-12-27;/h7-10H,4-6,11-15H2,1-3H3,(H2,21,22,23);1H. The molecule has 0 saturated carbocycles. The monoisotopic (exact) mass is 497 g/mol. The lowest BCUT2D eigenvalue weighted by Gasteiger charge is -2.26. The van der Waals surface area contributed by atoms with Crippen molar-refractivity contribution in [1.29, 1.82) is 0 Å². The van der Waals surface area contributed by atoms with Crippen molar-refractivity contribution in [3.63, 3.8) is 0 Å². The third kappa shape index (κ3) is 6.44. The highest BCUT2D eigenvalue weighted by atomic mass is 127. The molecule has 2 aromatic rings. The highest BCUT2D eigenvalue weighted by Gasteiger charge is 2.10. The third-order valence-corrected chi connectivity index (χ3v) is 5.16. The smallest absolute Gasteiger partial charge is 0.191 e. The van der Waals surface area contributed by atoms with Crippen LogP contribution in [0.25, 0.3) is 0 Å². The summed E-state index contributed by atoms with van der Waals surface area (Å²) in [4.78, 5) is 6.83. The van der Waals surface area contributed by atoms with Gasteiger partial charge in [0.2, 0.25) is 0 Å². The number of nitrogens with zero attached hydrogens (tertiary/aromatic N) is 5. The van der Waals surface area contributed by atoms with E-state index in [0.29, 0.717) is 6.54 Å². The van der Waals surface area contributed by atoms with E-state index in [1.165, 1.54) is 43.5 Å². The van der Waals surface area contributed by atoms with Gasteiger partial charge in [0.1, 0.15) is 5.82 Å². The molecule has 1 fully saturated rings. The van der Waals surface area contributed by atoms with E-state index in [1.807, 2.05) is 18.5 Å². The Morgan fingerprint density at radius 3 is 2.25 bits per heavy atom. The lowest BCUT2D eigenvalue weighted by Crippen LogP contribution is -2.36. The molecule has 154 valence electrons. The molecule has 0 bridgehead atoms. The van der Waals surface area contributed by atoms with E-state index in [0.717, 1.165) is 30.7 Å². The predicted molar refractivity (Wildman–Crippen MR) is 124 cm³/mol. The molecule has 0 amide bonds. The van der Waals surface area contributed by atoms with Gasteiger partial charge in [-0.1, -0.05) is 30.7 Å². The average molecular weight is 497 g/mol. The number of aryl methyl sites for hydroxylation is 1. The zero-order valence-corrected chi connectivity index (χ0v) is 19.4. The van der Waals surface area contributed by atoms with Gasteiger partial charge in [-0.2, -0.15) is 0 Å². The Kier molecular flexibility index (Phi) is 9.17. The molecule has 7 nitrogen and oxygen atoms in total. The maximum Gasteiger partial charge on any atom is 0.191 e. The van der Waals surface area contributed by atoms with Crippen LogP contribution < -0.4 is 10.6 Å². The summed E-state index contributed by atoms with van der Waals surface area (Å²) in [5, 5.41) is 14.9. The van der Waals surface area contributed by atoms with Crippen molar-refractivity contribution in [3.8, 4) is 0 Å². The Balaban J connectivity index is 0.00000280. The number of aliphatic imine (C=N–C) groups is 1. The van der Waals surface area contributed by atoms with Gasteiger partial charge < -0.3 is 15.2 Å². The van der Waals surface area contributed by atoms with Crippen LogP contribution in [0, 0.1) is 6.92 Å². The highest BCUT2D eigenvalue weighted by Crippen LogP contribution is 2.13. The summed E-state index contributed by atoms with van der Waals surface area (Å²) in [5.74, 6) is 2.55. The summed E-state index contributed by atoms with van der Waals surface area (Å²) in [5.41, 5.74) is 2.63. The summed E-state index contributed by atoms with van der Waals surface area (Å²) in [7, 11) is 3.74. The number of hydrogen-bond acceptors (Lipinski definition) is 4. The number of benzene rings is 1. The van der Waals surface area contributed by atoms with E-state index in [9.17, 15) is 0 Å². The molecule has 2 N–H and O–H groups in total. The number of aromatic nitrogens is 3. The van der Waals surface area contributed by atoms with Crippen LogP contribution in [-0.2, 0) is 26.7 Å². The first-order chi connectivity index (χ1) is 13.2. The number of hydrogen-bond donors (Lipinski definition) is 2. The second-order valence-corrected chi connectivity index (χ2v) is 7.16. The Morgan fingerprint density at radius 1 is 1.00 bits per heavy atom. The first kappa shape index (κ1) is 22.6. The SMILES string of the molecule is CN=C(NCc1ccc(CN2CCCCC2)cc1)NCc1nnc(C)n1C.I. The van der Waals surface area contributed by atoms with Gasteiger partial charge in [-0.3, -0.25) is 9.89 Å². The molecule has 1 saturated heterocycles. The molecule has 0 unspecified atom stereocenters. The van der Waals surface area contributed by atoms with Gasteiger partial charge in [0.05, 0.1) is 6.54 Å². The molecular formula is C20H32IN7. The van der Waals surface area contributed by atoms with Crippen molar-refractivity contribution in [2.75, 3.05) is 20.1 Å². The van der Waals surface area contributed by atoms with Gasteiger partial charge in [-0.15, -0.1) is 34.2 Å². The molecule has 0 radical (unpaired) electrons. The molecule has 1 aliphatic rings. The molecule has 28 heavy (non-hydrogen) atoms. The number of piperidine rings is 1. The quantitative estimate of drug-likeness (QED) is 0.365. The molecule has 1 aliphatic heterocycles. The van der Waals surface area contributed by atoms with Crippen LogP contribution in [0.15, 0.2) is 29.3 Å². The van der Waals surface area contributed by atoms with E-state index < -0.39 is 0 Å². The number of rotatable bonds is 6. The third-order valence-electron chi connectivity index (χ3n) is 5.16. The van der Waals surface area contributed by atoms with Gasteiger partial charge in [0.15, 0.2) is 11.8 Å². The van der Waals surface area contributed by atoms with E-state index in [4.69, 9.17) is 0 Å². The van der Waals surface area contributed by atoms with Crippen molar-refractivity contribution in [2.24, 2.45) is 12.0 Å². The normalized spacial score (nSPS) is 15.2. The number of nitrogens with one attached hydrogen (secondary N) is 2. The van der Waals surface area contributed by atoms with Crippen molar-refractivity contribution in [3.05, 3.63) is 47.0 Å². The average Bonchev–Trinajstić information content (AvgIpc) is 3.02. The number of guanidine groups is 1. The minimum absolute atomic E-state index is 0. The fourth-order valence-corrected chi connectivity index (χ4v) is 3.31. The molecule has 0 atom stereocenters. The zero-order chi connectivity index (χ0) is 19.1. The summed E-state index contributed by atoms with van der Waals surface area (Å²) < 4.78 is 1.97. The lowest BCUT2D eigenvalue weighted by atomic mass is 10.1. The second-order valence-electron chi connectivity index (χ2n) is 7.16. The maximum atomic E-state index is 4.28. The van der Waals surface area contributed by atoms with Crippen molar-refractivity contribution in [1.82, 2.24) is 30.3 Å². The van der Waals surface area contributed by atoms with Crippen molar-refractivity contribution in [2.45, 2.75) is 45.8 Å². The number of halogens is 1.